The molecule has 0 spiro atoms. The van der Waals surface area contributed by atoms with Gasteiger partial charge >= 0.3 is 0 Å². The van der Waals surface area contributed by atoms with Crippen molar-refractivity contribution in [2.45, 2.75) is 4.90 Å². The lowest BCUT2D eigenvalue weighted by Crippen LogP contribution is -2.28. The molecule has 31 heavy (non-hydrogen) atoms. The molecule has 3 rings (SSSR count). The van der Waals surface area contributed by atoms with Gasteiger partial charge in [-0.3, -0.25) is 14.9 Å². The van der Waals surface area contributed by atoms with Crippen molar-refractivity contribution in [3.8, 4) is 11.3 Å². The number of hydrogen-bond acceptors (Lipinski definition) is 7. The molecule has 1 aromatic heterocycles. The molecule has 1 amide bonds. The topological polar surface area (TPSA) is 132 Å². The van der Waals surface area contributed by atoms with Crippen molar-refractivity contribution in [3.63, 3.8) is 0 Å². The summed E-state index contributed by atoms with van der Waals surface area (Å²) in [5.74, 6) is 0.193. The third kappa shape index (κ3) is 5.62. The number of nitro groups is 1. The summed E-state index contributed by atoms with van der Waals surface area (Å²) in [5.41, 5.74) is 0.553. The molecule has 0 aliphatic rings. The predicted octanol–water partition coefficient (Wildman–Crippen LogP) is 3.75. The van der Waals surface area contributed by atoms with Crippen LogP contribution in [0.2, 0.25) is 5.02 Å². The molecular formula is C20H18ClN3O6S. The van der Waals surface area contributed by atoms with E-state index in [9.17, 15) is 23.3 Å². The maximum Gasteiger partial charge on any atom is 0.293 e. The highest BCUT2D eigenvalue weighted by molar-refractivity contribution is 7.90. The second-order valence-electron chi connectivity index (χ2n) is 6.56. The molecule has 9 nitrogen and oxygen atoms in total. The van der Waals surface area contributed by atoms with E-state index in [1.807, 2.05) is 0 Å². The Morgan fingerprint density at radius 2 is 1.81 bits per heavy atom. The summed E-state index contributed by atoms with van der Waals surface area (Å²) in [4.78, 5) is 22.7. The van der Waals surface area contributed by atoms with Crippen molar-refractivity contribution in [2.24, 2.45) is 0 Å². The second-order valence-corrected chi connectivity index (χ2v) is 9.01. The Morgan fingerprint density at radius 3 is 2.45 bits per heavy atom. The lowest BCUT2D eigenvalue weighted by atomic mass is 10.2. The van der Waals surface area contributed by atoms with E-state index in [0.29, 0.717) is 10.8 Å². The van der Waals surface area contributed by atoms with Gasteiger partial charge in [-0.25, -0.2) is 8.42 Å². The van der Waals surface area contributed by atoms with Crippen molar-refractivity contribution in [2.75, 3.05) is 24.7 Å². The largest absolute Gasteiger partial charge is 0.451 e. The van der Waals surface area contributed by atoms with Crippen LogP contribution in [-0.4, -0.2) is 38.6 Å². The first-order chi connectivity index (χ1) is 14.6. The third-order valence-corrected chi connectivity index (χ3v) is 5.64. The van der Waals surface area contributed by atoms with Crippen LogP contribution in [-0.2, 0) is 9.84 Å². The first-order valence-corrected chi connectivity index (χ1v) is 11.3. The molecule has 0 bridgehead atoms. The number of nitrogens with zero attached hydrogens (tertiary/aromatic N) is 1. The van der Waals surface area contributed by atoms with Gasteiger partial charge in [0.1, 0.15) is 11.4 Å². The first-order valence-electron chi connectivity index (χ1n) is 9.01. The molecule has 3 aromatic rings. The van der Waals surface area contributed by atoms with Gasteiger partial charge in [-0.1, -0.05) is 11.6 Å². The van der Waals surface area contributed by atoms with Crippen molar-refractivity contribution in [1.29, 1.82) is 0 Å². The minimum absolute atomic E-state index is 0.119. The van der Waals surface area contributed by atoms with E-state index in [1.165, 1.54) is 12.1 Å². The first kappa shape index (κ1) is 22.3. The predicted molar refractivity (Wildman–Crippen MR) is 116 cm³/mol. The number of amides is 1. The van der Waals surface area contributed by atoms with E-state index in [0.717, 1.165) is 17.9 Å². The molecule has 11 heteroatoms. The minimum atomic E-state index is -3.57. The Hall–Kier alpha value is -3.37. The summed E-state index contributed by atoms with van der Waals surface area (Å²) in [6.07, 6.45) is 0.974. The van der Waals surface area contributed by atoms with E-state index in [4.69, 9.17) is 16.0 Å². The Bertz CT molecular complexity index is 1220. The SMILES string of the molecule is CS(=O)(=O)c1ccc(NCCNC(=O)c2ccc(-c3ccc(Cl)cc3)o2)c([N+](=O)[O-])c1. The monoisotopic (exact) mass is 463 g/mol. The highest BCUT2D eigenvalue weighted by Gasteiger charge is 2.18. The molecule has 0 saturated carbocycles. The van der Waals surface area contributed by atoms with E-state index < -0.39 is 20.7 Å². The van der Waals surface area contributed by atoms with Crippen LogP contribution >= 0.6 is 11.6 Å². The molecule has 0 aliphatic heterocycles. The fraction of sp³-hybridized carbons (Fsp3) is 0.150. The molecule has 0 saturated heterocycles. The number of halogens is 1. The summed E-state index contributed by atoms with van der Waals surface area (Å²) < 4.78 is 28.7. The number of rotatable bonds is 8. The third-order valence-electron chi connectivity index (χ3n) is 4.28. The number of benzene rings is 2. The Balaban J connectivity index is 1.58. The van der Waals surface area contributed by atoms with E-state index in [2.05, 4.69) is 10.6 Å². The highest BCUT2D eigenvalue weighted by Crippen LogP contribution is 2.27. The van der Waals surface area contributed by atoms with Crippen LogP contribution in [0.3, 0.4) is 0 Å². The molecule has 0 aliphatic carbocycles. The lowest BCUT2D eigenvalue weighted by Gasteiger charge is -2.09. The summed E-state index contributed by atoms with van der Waals surface area (Å²) in [7, 11) is -3.57. The van der Waals surface area contributed by atoms with Gasteiger partial charge in [0, 0.05) is 36.0 Å². The van der Waals surface area contributed by atoms with Gasteiger partial charge in [0.15, 0.2) is 15.6 Å². The summed E-state index contributed by atoms with van der Waals surface area (Å²) in [5, 5.41) is 17.3. The Kier molecular flexibility index (Phi) is 6.62. The molecule has 2 aromatic carbocycles. The van der Waals surface area contributed by atoms with Crippen molar-refractivity contribution >= 4 is 38.7 Å². The van der Waals surface area contributed by atoms with Crippen LogP contribution in [0.5, 0.6) is 0 Å². The molecular weight excluding hydrogens is 446 g/mol. The number of nitro benzene ring substituents is 1. The number of carbonyl (C=O) groups is 1. The van der Waals surface area contributed by atoms with Gasteiger partial charge in [-0.15, -0.1) is 0 Å². The smallest absolute Gasteiger partial charge is 0.293 e. The van der Waals surface area contributed by atoms with E-state index in [1.54, 1.807) is 36.4 Å². The molecule has 1 heterocycles. The van der Waals surface area contributed by atoms with Crippen LogP contribution in [0.1, 0.15) is 10.6 Å². The van der Waals surface area contributed by atoms with Gasteiger partial charge in [0.2, 0.25) is 0 Å². The number of hydrogen-bond donors (Lipinski definition) is 2. The lowest BCUT2D eigenvalue weighted by molar-refractivity contribution is -0.384. The quantitative estimate of drug-likeness (QED) is 0.295. The molecule has 0 atom stereocenters. The standard InChI is InChI=1S/C20H18ClN3O6S/c1-31(28,29)15-6-7-16(17(12-15)24(26)27)22-10-11-23-20(25)19-9-8-18(30-19)13-2-4-14(21)5-3-13/h2-9,12,22H,10-11H2,1H3,(H,23,25). The average molecular weight is 464 g/mol. The maximum atomic E-state index is 12.3. The van der Waals surface area contributed by atoms with Crippen LogP contribution in [0.15, 0.2) is 63.9 Å². The second kappa shape index (κ2) is 9.19. The summed E-state index contributed by atoms with van der Waals surface area (Å²) in [6, 6.07) is 13.8. The number of furan rings is 1. The van der Waals surface area contributed by atoms with Crippen molar-refractivity contribution in [3.05, 3.63) is 75.5 Å². The fourth-order valence-corrected chi connectivity index (χ4v) is 3.50. The number of carbonyl (C=O) groups excluding carboxylic acids is 1. The fourth-order valence-electron chi connectivity index (χ4n) is 2.73. The van der Waals surface area contributed by atoms with Gasteiger partial charge in [0.05, 0.1) is 9.82 Å². The minimum Gasteiger partial charge on any atom is -0.451 e. The zero-order valence-electron chi connectivity index (χ0n) is 16.3. The molecule has 0 unspecified atom stereocenters. The zero-order valence-corrected chi connectivity index (χ0v) is 17.9. The highest BCUT2D eigenvalue weighted by atomic mass is 35.5. The molecule has 2 N–H and O–H groups in total. The Labute approximate surface area is 183 Å². The van der Waals surface area contributed by atoms with Gasteiger partial charge in [-0.2, -0.15) is 0 Å². The average Bonchev–Trinajstić information content (AvgIpc) is 3.21. The van der Waals surface area contributed by atoms with Gasteiger partial charge in [-0.05, 0) is 48.5 Å². The van der Waals surface area contributed by atoms with Crippen LogP contribution in [0.4, 0.5) is 11.4 Å². The number of nitrogens with one attached hydrogen (secondary N) is 2. The van der Waals surface area contributed by atoms with Crippen molar-refractivity contribution in [1.82, 2.24) is 5.32 Å². The Morgan fingerprint density at radius 1 is 1.10 bits per heavy atom. The van der Waals surface area contributed by atoms with Gasteiger partial charge in [0.25, 0.3) is 11.6 Å². The van der Waals surface area contributed by atoms with Crippen LogP contribution in [0, 0.1) is 10.1 Å². The van der Waals surface area contributed by atoms with Crippen LogP contribution < -0.4 is 10.6 Å². The van der Waals surface area contributed by atoms with E-state index >= 15 is 0 Å². The molecule has 0 fully saturated rings. The van der Waals surface area contributed by atoms with E-state index in [-0.39, 0.29) is 35.1 Å². The van der Waals surface area contributed by atoms with Crippen LogP contribution in [0.25, 0.3) is 11.3 Å². The number of anilines is 1. The van der Waals surface area contributed by atoms with Crippen molar-refractivity contribution < 1.29 is 22.6 Å². The normalized spacial score (nSPS) is 11.2. The number of sulfone groups is 1. The van der Waals surface area contributed by atoms with Gasteiger partial charge < -0.3 is 15.1 Å². The molecule has 0 radical (unpaired) electrons. The molecule has 162 valence electrons. The zero-order chi connectivity index (χ0) is 22.6. The summed E-state index contributed by atoms with van der Waals surface area (Å²) in [6.45, 7) is 0.330. The maximum absolute atomic E-state index is 12.3. The summed E-state index contributed by atoms with van der Waals surface area (Å²) >= 11 is 5.86.